The smallest absolute Gasteiger partial charge is 0.194 e. The monoisotopic (exact) mass is 388 g/mol. The summed E-state index contributed by atoms with van der Waals surface area (Å²) in [6.45, 7) is 4.06. The molecule has 0 fully saturated rings. The summed E-state index contributed by atoms with van der Waals surface area (Å²) >= 11 is 1.57. The number of aryl methyl sites for hydroxylation is 2. The number of hydrogen-bond acceptors (Lipinski definition) is 4. The molecule has 0 spiro atoms. The number of hydrogen-bond donors (Lipinski definition) is 0. The highest BCUT2D eigenvalue weighted by Crippen LogP contribution is 2.29. The van der Waals surface area contributed by atoms with Gasteiger partial charge in [0.15, 0.2) is 10.7 Å². The zero-order valence-electron chi connectivity index (χ0n) is 16.0. The molecule has 0 atom stereocenters. The van der Waals surface area contributed by atoms with Crippen LogP contribution < -0.4 is 4.74 Å². The van der Waals surface area contributed by atoms with Gasteiger partial charge in [0.2, 0.25) is 0 Å². The molecule has 140 valence electrons. The van der Waals surface area contributed by atoms with Crippen molar-refractivity contribution in [1.29, 1.82) is 0 Å². The Morgan fingerprint density at radius 2 is 1.89 bits per heavy atom. The third-order valence-electron chi connectivity index (χ3n) is 4.85. The van der Waals surface area contributed by atoms with Crippen molar-refractivity contribution in [2.24, 2.45) is 0 Å². The Bertz CT molecular complexity index is 1180. The van der Waals surface area contributed by atoms with E-state index in [-0.39, 0.29) is 5.78 Å². The lowest BCUT2D eigenvalue weighted by Crippen LogP contribution is -1.96. The lowest BCUT2D eigenvalue weighted by Gasteiger charge is -2.03. The molecule has 2 aromatic carbocycles. The molecule has 28 heavy (non-hydrogen) atoms. The average Bonchev–Trinajstić information content (AvgIpc) is 3.30. The fraction of sp³-hybridized carbons (Fsp3) is 0.130. The molecule has 0 aliphatic carbocycles. The molecule has 0 aliphatic heterocycles. The summed E-state index contributed by atoms with van der Waals surface area (Å²) in [5, 5.41) is 1.99. The van der Waals surface area contributed by atoms with E-state index < -0.39 is 0 Å². The molecule has 0 N–H and O–H groups in total. The number of methoxy groups -OCH3 is 1. The number of thiazole rings is 1. The van der Waals surface area contributed by atoms with Gasteiger partial charge < -0.3 is 4.74 Å². The van der Waals surface area contributed by atoms with Gasteiger partial charge in [-0.15, -0.1) is 11.3 Å². The molecule has 2 aromatic heterocycles. The minimum absolute atomic E-state index is 0.0195. The van der Waals surface area contributed by atoms with Crippen molar-refractivity contribution in [1.82, 2.24) is 9.38 Å². The van der Waals surface area contributed by atoms with Gasteiger partial charge in [0.1, 0.15) is 5.75 Å². The number of ether oxygens (including phenoxy) is 1. The molecule has 0 unspecified atom stereocenters. The summed E-state index contributed by atoms with van der Waals surface area (Å²) in [4.78, 5) is 18.3. The fourth-order valence-corrected chi connectivity index (χ4v) is 3.79. The largest absolute Gasteiger partial charge is 0.497 e. The SMILES string of the molecule is COc1ccc(-c2nc3sccn3c2C=CC(=O)c2ccc(C)c(C)c2)cc1. The van der Waals surface area contributed by atoms with E-state index in [0.29, 0.717) is 5.56 Å². The first-order valence-corrected chi connectivity index (χ1v) is 9.84. The molecule has 0 aliphatic rings. The highest BCUT2D eigenvalue weighted by molar-refractivity contribution is 7.15. The Morgan fingerprint density at radius 1 is 1.11 bits per heavy atom. The first-order valence-electron chi connectivity index (χ1n) is 8.96. The molecule has 4 nitrogen and oxygen atoms in total. The van der Waals surface area contributed by atoms with Gasteiger partial charge in [-0.25, -0.2) is 4.98 Å². The summed E-state index contributed by atoms with van der Waals surface area (Å²) in [5.74, 6) is 0.778. The predicted molar refractivity (Wildman–Crippen MR) is 114 cm³/mol. The van der Waals surface area contributed by atoms with Crippen LogP contribution >= 0.6 is 11.3 Å². The van der Waals surface area contributed by atoms with Gasteiger partial charge in [-0.05, 0) is 67.5 Å². The fourth-order valence-electron chi connectivity index (χ4n) is 3.07. The van der Waals surface area contributed by atoms with Gasteiger partial charge in [0.25, 0.3) is 0 Å². The average molecular weight is 388 g/mol. The maximum Gasteiger partial charge on any atom is 0.194 e. The molecule has 5 heteroatoms. The Hall–Kier alpha value is -3.18. The number of rotatable bonds is 5. The van der Waals surface area contributed by atoms with E-state index in [9.17, 15) is 4.79 Å². The van der Waals surface area contributed by atoms with Crippen LogP contribution in [0.3, 0.4) is 0 Å². The quantitative estimate of drug-likeness (QED) is 0.331. The molecular weight excluding hydrogens is 368 g/mol. The maximum absolute atomic E-state index is 12.7. The van der Waals surface area contributed by atoms with Crippen molar-refractivity contribution >= 4 is 28.2 Å². The van der Waals surface area contributed by atoms with Crippen molar-refractivity contribution in [3.05, 3.63) is 82.5 Å². The van der Waals surface area contributed by atoms with Gasteiger partial charge in [-0.2, -0.15) is 0 Å². The first kappa shape index (κ1) is 18.2. The summed E-state index contributed by atoms with van der Waals surface area (Å²) in [5.41, 5.74) is 5.70. The van der Waals surface area contributed by atoms with Gasteiger partial charge in [0.05, 0.1) is 18.5 Å². The number of fused-ring (bicyclic) bond motifs is 1. The van der Waals surface area contributed by atoms with Crippen LogP contribution in [-0.4, -0.2) is 22.3 Å². The lowest BCUT2D eigenvalue weighted by molar-refractivity contribution is 0.104. The molecule has 0 saturated carbocycles. The third kappa shape index (κ3) is 3.37. The van der Waals surface area contributed by atoms with E-state index in [4.69, 9.17) is 9.72 Å². The second-order valence-corrected chi connectivity index (χ2v) is 7.50. The van der Waals surface area contributed by atoms with Crippen LogP contribution in [0.5, 0.6) is 5.75 Å². The molecule has 4 rings (SSSR count). The molecule has 4 aromatic rings. The molecule has 2 heterocycles. The third-order valence-corrected chi connectivity index (χ3v) is 5.60. The second kappa shape index (κ2) is 7.44. The van der Waals surface area contributed by atoms with Crippen LogP contribution in [-0.2, 0) is 0 Å². The number of nitrogens with zero attached hydrogens (tertiary/aromatic N) is 2. The Morgan fingerprint density at radius 3 is 2.61 bits per heavy atom. The van der Waals surface area contributed by atoms with Crippen LogP contribution in [0.2, 0.25) is 0 Å². The van der Waals surface area contributed by atoms with Crippen LogP contribution in [0.4, 0.5) is 0 Å². The van der Waals surface area contributed by atoms with Crippen molar-refractivity contribution in [3.63, 3.8) is 0 Å². The normalized spacial score (nSPS) is 11.4. The zero-order chi connectivity index (χ0) is 19.7. The number of aromatic nitrogens is 2. The molecule has 0 radical (unpaired) electrons. The second-order valence-electron chi connectivity index (χ2n) is 6.63. The zero-order valence-corrected chi connectivity index (χ0v) is 16.8. The van der Waals surface area contributed by atoms with Crippen LogP contribution in [0.1, 0.15) is 27.2 Å². The van der Waals surface area contributed by atoms with Crippen molar-refractivity contribution in [2.45, 2.75) is 13.8 Å². The van der Waals surface area contributed by atoms with E-state index >= 15 is 0 Å². The summed E-state index contributed by atoms with van der Waals surface area (Å²) < 4.78 is 7.25. The number of allylic oxidation sites excluding steroid dienone is 1. The Balaban J connectivity index is 1.72. The van der Waals surface area contributed by atoms with Crippen molar-refractivity contribution in [2.75, 3.05) is 7.11 Å². The van der Waals surface area contributed by atoms with Gasteiger partial charge in [-0.1, -0.05) is 12.1 Å². The number of ketones is 1. The lowest BCUT2D eigenvalue weighted by atomic mass is 10.0. The maximum atomic E-state index is 12.7. The summed E-state index contributed by atoms with van der Waals surface area (Å²) in [7, 11) is 1.65. The Labute approximate surface area is 167 Å². The van der Waals surface area contributed by atoms with Gasteiger partial charge in [-0.3, -0.25) is 9.20 Å². The van der Waals surface area contributed by atoms with Crippen LogP contribution in [0.15, 0.2) is 60.1 Å². The van der Waals surface area contributed by atoms with E-state index in [2.05, 4.69) is 0 Å². The molecule has 0 amide bonds. The first-order chi connectivity index (χ1) is 13.6. The molecule has 0 bridgehead atoms. The number of carbonyl (C=O) groups excluding carboxylic acids is 1. The highest BCUT2D eigenvalue weighted by atomic mass is 32.1. The predicted octanol–water partition coefficient (Wildman–Crippen LogP) is 5.58. The summed E-state index contributed by atoms with van der Waals surface area (Å²) in [6.07, 6.45) is 5.45. The molecule has 0 saturated heterocycles. The van der Waals surface area contributed by atoms with E-state index in [1.807, 2.05) is 78.4 Å². The topological polar surface area (TPSA) is 43.6 Å². The highest BCUT2D eigenvalue weighted by Gasteiger charge is 2.14. The van der Waals surface area contributed by atoms with Gasteiger partial charge in [0, 0.05) is 22.7 Å². The van der Waals surface area contributed by atoms with Gasteiger partial charge >= 0.3 is 0 Å². The molecular formula is C23H20N2O2S. The van der Waals surface area contributed by atoms with Crippen LogP contribution in [0, 0.1) is 13.8 Å². The Kier molecular flexibility index (Phi) is 4.84. The van der Waals surface area contributed by atoms with Crippen molar-refractivity contribution in [3.8, 4) is 17.0 Å². The minimum atomic E-state index is -0.0195. The number of imidazole rings is 1. The van der Waals surface area contributed by atoms with E-state index in [1.165, 1.54) is 5.56 Å². The standard InChI is InChI=1S/C23H20N2O2S/c1-15-4-5-18(14-16(15)2)21(26)11-10-20-22(24-23-25(20)12-13-28-23)17-6-8-19(27-3)9-7-17/h4-14H,1-3H3. The van der Waals surface area contributed by atoms with Crippen molar-refractivity contribution < 1.29 is 9.53 Å². The number of carbonyl (C=O) groups is 1. The van der Waals surface area contributed by atoms with E-state index in [0.717, 1.165) is 33.2 Å². The summed E-state index contributed by atoms with van der Waals surface area (Å²) in [6, 6.07) is 13.6. The minimum Gasteiger partial charge on any atom is -0.497 e. The number of benzene rings is 2. The van der Waals surface area contributed by atoms with Crippen LogP contribution in [0.25, 0.3) is 22.3 Å². The van der Waals surface area contributed by atoms with E-state index in [1.54, 1.807) is 24.5 Å².